The zero-order valence-corrected chi connectivity index (χ0v) is 17.4. The molecule has 1 N–H and O–H groups in total. The highest BCUT2D eigenvalue weighted by Crippen LogP contribution is 2.40. The maximum absolute atomic E-state index is 14.4. The summed E-state index contributed by atoms with van der Waals surface area (Å²) in [4.78, 5) is 25.2. The molecule has 2 heterocycles. The van der Waals surface area contributed by atoms with Gasteiger partial charge in [-0.05, 0) is 49.6 Å². The Hall–Kier alpha value is -3.53. The van der Waals surface area contributed by atoms with Crippen LogP contribution in [0.2, 0.25) is 0 Å². The van der Waals surface area contributed by atoms with Gasteiger partial charge in [0.1, 0.15) is 16.1 Å². The van der Waals surface area contributed by atoms with Crippen molar-refractivity contribution in [1.29, 1.82) is 0 Å². The minimum absolute atomic E-state index is 0.000453. The number of nitrogens with zero attached hydrogens (tertiary/aromatic N) is 2. The Morgan fingerprint density at radius 2 is 2.00 bits per heavy atom. The average molecular weight is 443 g/mol. The Balaban J connectivity index is 1.80. The summed E-state index contributed by atoms with van der Waals surface area (Å²) in [6, 6.07) is 6.37. The molecule has 10 heteroatoms. The number of halogens is 1. The maximum Gasteiger partial charge on any atom is 0.273 e. The van der Waals surface area contributed by atoms with E-state index in [-0.39, 0.29) is 23.2 Å². The number of nitrogens with one attached hydrogen (secondary N) is 1. The van der Waals surface area contributed by atoms with E-state index in [1.165, 1.54) is 25.4 Å². The van der Waals surface area contributed by atoms with Crippen LogP contribution in [-0.4, -0.2) is 27.0 Å². The second-order valence-corrected chi connectivity index (χ2v) is 9.81. The number of hydrogen-bond donors (Lipinski definition) is 1. The van der Waals surface area contributed by atoms with E-state index in [1.54, 1.807) is 25.1 Å². The van der Waals surface area contributed by atoms with Crippen LogP contribution in [-0.2, 0) is 10.0 Å². The highest BCUT2D eigenvalue weighted by atomic mass is 32.2. The fraction of sp³-hybridized carbons (Fsp3) is 0.190. The molecule has 2 aromatic heterocycles. The number of H-pyrrole nitrogens is 1. The van der Waals surface area contributed by atoms with E-state index in [9.17, 15) is 27.7 Å². The largest absolute Gasteiger partial charge is 0.327 e. The molecule has 1 aromatic carbocycles. The lowest BCUT2D eigenvalue weighted by Gasteiger charge is -2.33. The molecule has 160 valence electrons. The lowest BCUT2D eigenvalue weighted by molar-refractivity contribution is -0.384. The number of benzene rings is 1. The summed E-state index contributed by atoms with van der Waals surface area (Å²) in [6.45, 7) is 3.14. The summed E-state index contributed by atoms with van der Waals surface area (Å²) >= 11 is 0. The van der Waals surface area contributed by atoms with Gasteiger partial charge in [-0.15, -0.1) is 0 Å². The minimum atomic E-state index is -4.07. The van der Waals surface area contributed by atoms with E-state index >= 15 is 0 Å². The van der Waals surface area contributed by atoms with Gasteiger partial charge in [0.25, 0.3) is 11.2 Å². The average Bonchev–Trinajstić information content (AvgIpc) is 3.16. The van der Waals surface area contributed by atoms with Gasteiger partial charge in [0.2, 0.25) is 10.0 Å². The molecule has 3 aromatic rings. The van der Waals surface area contributed by atoms with Crippen LogP contribution >= 0.6 is 0 Å². The summed E-state index contributed by atoms with van der Waals surface area (Å²) < 4.78 is 41.1. The predicted octanol–water partition coefficient (Wildman–Crippen LogP) is 3.75. The molecular weight excluding hydrogens is 425 g/mol. The van der Waals surface area contributed by atoms with Gasteiger partial charge in [-0.3, -0.25) is 14.9 Å². The summed E-state index contributed by atoms with van der Waals surface area (Å²) in [5, 5.41) is 11.5. The van der Waals surface area contributed by atoms with Crippen LogP contribution in [0.4, 0.5) is 10.1 Å². The van der Waals surface area contributed by atoms with Crippen LogP contribution < -0.4 is 5.56 Å². The molecular formula is C21H18FN3O5S. The lowest BCUT2D eigenvalue weighted by Crippen LogP contribution is -2.41. The SMILES string of the molecule is CC1=CC(c2cc([N+](=O)[O-])ccc2F)=CCC1(C)S(=O)(=O)n1ccc2cc[nH]c(=O)c21. The van der Waals surface area contributed by atoms with Gasteiger partial charge in [0.05, 0.1) is 4.92 Å². The van der Waals surface area contributed by atoms with E-state index in [0.29, 0.717) is 16.5 Å². The second-order valence-electron chi connectivity index (χ2n) is 7.57. The standard InChI is InChI=1S/C21H18FN3O5S/c1-13-11-15(17-12-16(25(27)28)3-4-18(17)22)5-8-21(13,2)31(29,30)24-10-7-14-6-9-23-20(26)19(14)24/h3-7,9-12H,8H2,1-2H3,(H,23,26). The third kappa shape index (κ3) is 3.10. The monoisotopic (exact) mass is 443 g/mol. The van der Waals surface area contributed by atoms with Gasteiger partial charge in [0, 0.05) is 35.5 Å². The molecule has 4 rings (SSSR count). The van der Waals surface area contributed by atoms with E-state index in [0.717, 1.165) is 22.2 Å². The smallest absolute Gasteiger partial charge is 0.273 e. The number of pyridine rings is 1. The van der Waals surface area contributed by atoms with Gasteiger partial charge < -0.3 is 4.98 Å². The molecule has 0 saturated carbocycles. The maximum atomic E-state index is 14.4. The fourth-order valence-electron chi connectivity index (χ4n) is 3.74. The van der Waals surface area contributed by atoms with Crippen molar-refractivity contribution in [1.82, 2.24) is 8.96 Å². The third-order valence-corrected chi connectivity index (χ3v) is 8.24. The number of aromatic nitrogens is 2. The Morgan fingerprint density at radius 1 is 1.26 bits per heavy atom. The first kappa shape index (κ1) is 20.7. The van der Waals surface area contributed by atoms with Crippen LogP contribution in [0.1, 0.15) is 25.8 Å². The van der Waals surface area contributed by atoms with Crippen molar-refractivity contribution in [3.8, 4) is 0 Å². The Morgan fingerprint density at radius 3 is 2.68 bits per heavy atom. The van der Waals surface area contributed by atoms with Crippen LogP contribution in [0, 0.1) is 15.9 Å². The van der Waals surface area contributed by atoms with Crippen LogP contribution in [0.3, 0.4) is 0 Å². The zero-order valence-electron chi connectivity index (χ0n) is 16.6. The lowest BCUT2D eigenvalue weighted by atomic mass is 9.87. The van der Waals surface area contributed by atoms with E-state index in [2.05, 4.69) is 4.98 Å². The number of hydrogen-bond acceptors (Lipinski definition) is 5. The third-order valence-electron chi connectivity index (χ3n) is 5.79. The van der Waals surface area contributed by atoms with Crippen molar-refractivity contribution >= 4 is 32.2 Å². The molecule has 0 radical (unpaired) electrons. The van der Waals surface area contributed by atoms with Crippen molar-refractivity contribution in [2.45, 2.75) is 25.0 Å². The topological polar surface area (TPSA) is 115 Å². The number of nitro groups is 1. The minimum Gasteiger partial charge on any atom is -0.327 e. The van der Waals surface area contributed by atoms with Crippen LogP contribution in [0.15, 0.2) is 65.2 Å². The van der Waals surface area contributed by atoms with Crippen molar-refractivity contribution < 1.29 is 17.7 Å². The number of aromatic amines is 1. The van der Waals surface area contributed by atoms with E-state index in [1.807, 2.05) is 0 Å². The number of non-ortho nitro benzene ring substituents is 1. The number of rotatable bonds is 4. The van der Waals surface area contributed by atoms with Gasteiger partial charge in [-0.1, -0.05) is 12.2 Å². The molecule has 0 aliphatic heterocycles. The van der Waals surface area contributed by atoms with Gasteiger partial charge in [0.15, 0.2) is 0 Å². The molecule has 1 aliphatic carbocycles. The highest BCUT2D eigenvalue weighted by Gasteiger charge is 2.43. The Bertz CT molecular complexity index is 1470. The first-order chi connectivity index (χ1) is 14.6. The number of nitro benzene ring substituents is 1. The normalized spacial score (nSPS) is 19.2. The van der Waals surface area contributed by atoms with Crippen molar-refractivity contribution in [3.05, 3.63) is 92.3 Å². The number of fused-ring (bicyclic) bond motifs is 1. The predicted molar refractivity (Wildman–Crippen MR) is 115 cm³/mol. The molecule has 0 spiro atoms. The molecule has 8 nitrogen and oxygen atoms in total. The molecule has 0 amide bonds. The van der Waals surface area contributed by atoms with Crippen molar-refractivity contribution in [3.63, 3.8) is 0 Å². The first-order valence-corrected chi connectivity index (χ1v) is 10.8. The van der Waals surface area contributed by atoms with E-state index in [4.69, 9.17) is 0 Å². The zero-order chi connectivity index (χ0) is 22.6. The second kappa shape index (κ2) is 7.02. The molecule has 1 unspecified atom stereocenters. The highest BCUT2D eigenvalue weighted by molar-refractivity contribution is 7.91. The van der Waals surface area contributed by atoms with Crippen molar-refractivity contribution in [2.24, 2.45) is 0 Å². The summed E-state index contributed by atoms with van der Waals surface area (Å²) in [5.74, 6) is -0.643. The molecule has 31 heavy (non-hydrogen) atoms. The number of allylic oxidation sites excluding steroid dienone is 3. The van der Waals surface area contributed by atoms with Gasteiger partial charge in [-0.25, -0.2) is 16.8 Å². The summed E-state index contributed by atoms with van der Waals surface area (Å²) in [7, 11) is -4.07. The van der Waals surface area contributed by atoms with Gasteiger partial charge >= 0.3 is 0 Å². The molecule has 0 saturated heterocycles. The Kier molecular flexibility index (Phi) is 4.69. The van der Waals surface area contributed by atoms with Gasteiger partial charge in [-0.2, -0.15) is 0 Å². The molecule has 0 fully saturated rings. The Labute approximate surface area is 176 Å². The fourth-order valence-corrected chi connectivity index (χ4v) is 5.59. The first-order valence-electron chi connectivity index (χ1n) is 9.33. The summed E-state index contributed by atoms with van der Waals surface area (Å²) in [6.07, 6.45) is 5.84. The van der Waals surface area contributed by atoms with Crippen LogP contribution in [0.25, 0.3) is 16.5 Å². The van der Waals surface area contributed by atoms with E-state index < -0.39 is 31.1 Å². The molecule has 1 aliphatic rings. The molecule has 0 bridgehead atoms. The molecule has 1 atom stereocenters. The quantitative estimate of drug-likeness (QED) is 0.487. The van der Waals surface area contributed by atoms with Crippen LogP contribution in [0.5, 0.6) is 0 Å². The van der Waals surface area contributed by atoms with Crippen molar-refractivity contribution in [2.75, 3.05) is 0 Å². The summed E-state index contributed by atoms with van der Waals surface area (Å²) in [5.41, 5.74) is 0.0444.